The quantitative estimate of drug-likeness (QED) is 0.812. The van der Waals surface area contributed by atoms with E-state index < -0.39 is 0 Å². The molecule has 0 spiro atoms. The minimum atomic E-state index is 0.418. The lowest BCUT2D eigenvalue weighted by molar-refractivity contribution is 0.412. The van der Waals surface area contributed by atoms with Gasteiger partial charge in [-0.15, -0.1) is 0 Å². The molecule has 0 aromatic heterocycles. The molecule has 3 heteroatoms. The van der Waals surface area contributed by atoms with Crippen LogP contribution in [-0.2, 0) is 6.42 Å². The summed E-state index contributed by atoms with van der Waals surface area (Å²) in [5.74, 6) is 0.852. The molecular formula is C17H20BrNO. The maximum atomic E-state index is 5.31. The number of halogens is 1. The molecule has 0 aliphatic rings. The first kappa shape index (κ1) is 14.9. The lowest BCUT2D eigenvalue weighted by Gasteiger charge is -2.16. The van der Waals surface area contributed by atoms with Crippen molar-refractivity contribution in [1.29, 1.82) is 0 Å². The highest BCUT2D eigenvalue weighted by Crippen LogP contribution is 2.28. The van der Waals surface area contributed by atoms with Crippen molar-refractivity contribution in [1.82, 2.24) is 0 Å². The highest BCUT2D eigenvalue weighted by atomic mass is 79.9. The molecule has 1 unspecified atom stereocenters. The molecule has 0 saturated heterocycles. The summed E-state index contributed by atoms with van der Waals surface area (Å²) >= 11 is 3.47. The molecule has 0 radical (unpaired) electrons. The van der Waals surface area contributed by atoms with E-state index in [4.69, 9.17) is 4.74 Å². The molecule has 0 aliphatic heterocycles. The molecule has 2 rings (SSSR count). The van der Waals surface area contributed by atoms with Crippen LogP contribution in [0.2, 0.25) is 0 Å². The largest absolute Gasteiger partial charge is 0.495 e. The number of hydrogen-bond acceptors (Lipinski definition) is 2. The van der Waals surface area contributed by atoms with Crippen LogP contribution < -0.4 is 10.1 Å². The molecule has 2 nitrogen and oxygen atoms in total. The molecule has 106 valence electrons. The smallest absolute Gasteiger partial charge is 0.135 e. The van der Waals surface area contributed by atoms with E-state index in [0.29, 0.717) is 6.04 Å². The Hall–Kier alpha value is -1.48. The van der Waals surface area contributed by atoms with E-state index in [-0.39, 0.29) is 0 Å². The van der Waals surface area contributed by atoms with Crippen LogP contribution >= 0.6 is 15.9 Å². The number of benzene rings is 2. The Balaban J connectivity index is 1.89. The Morgan fingerprint density at radius 2 is 1.90 bits per heavy atom. The maximum absolute atomic E-state index is 5.31. The summed E-state index contributed by atoms with van der Waals surface area (Å²) < 4.78 is 6.28. The zero-order valence-corrected chi connectivity index (χ0v) is 13.5. The first-order chi connectivity index (χ1) is 9.69. The molecule has 20 heavy (non-hydrogen) atoms. The molecule has 0 bridgehead atoms. The van der Waals surface area contributed by atoms with Crippen molar-refractivity contribution in [2.75, 3.05) is 12.4 Å². The van der Waals surface area contributed by atoms with Gasteiger partial charge >= 0.3 is 0 Å². The second-order valence-electron chi connectivity index (χ2n) is 4.92. The summed E-state index contributed by atoms with van der Waals surface area (Å²) in [4.78, 5) is 0. The summed E-state index contributed by atoms with van der Waals surface area (Å²) in [5, 5.41) is 3.51. The third-order valence-corrected chi connectivity index (χ3v) is 3.93. The molecule has 1 N–H and O–H groups in total. The SMILES string of the molecule is COc1cc(NC(C)CCc2ccccc2)ccc1Br. The Kier molecular flexibility index (Phi) is 5.48. The molecule has 0 heterocycles. The van der Waals surface area contributed by atoms with Gasteiger partial charge in [0, 0.05) is 17.8 Å². The van der Waals surface area contributed by atoms with Crippen LogP contribution in [0, 0.1) is 0 Å². The predicted molar refractivity (Wildman–Crippen MR) is 88.5 cm³/mol. The van der Waals surface area contributed by atoms with E-state index in [1.807, 2.05) is 12.1 Å². The standard InChI is InChI=1S/C17H20BrNO/c1-13(8-9-14-6-4-3-5-7-14)19-15-10-11-16(18)17(12-15)20-2/h3-7,10-13,19H,8-9H2,1-2H3. The molecule has 1 atom stereocenters. The minimum Gasteiger partial charge on any atom is -0.495 e. The van der Waals surface area contributed by atoms with E-state index in [1.165, 1.54) is 5.56 Å². The summed E-state index contributed by atoms with van der Waals surface area (Å²) in [6, 6.07) is 17.1. The third-order valence-electron chi connectivity index (χ3n) is 3.27. The number of hydrogen-bond donors (Lipinski definition) is 1. The minimum absolute atomic E-state index is 0.418. The summed E-state index contributed by atoms with van der Waals surface area (Å²) in [5.41, 5.74) is 2.47. The Morgan fingerprint density at radius 1 is 1.15 bits per heavy atom. The summed E-state index contributed by atoms with van der Waals surface area (Å²) in [6.07, 6.45) is 2.19. The number of nitrogens with one attached hydrogen (secondary N) is 1. The van der Waals surface area contributed by atoms with Crippen molar-refractivity contribution in [3.63, 3.8) is 0 Å². The average molecular weight is 334 g/mol. The molecule has 0 saturated carbocycles. The number of ether oxygens (including phenoxy) is 1. The topological polar surface area (TPSA) is 21.3 Å². The van der Waals surface area contributed by atoms with Gasteiger partial charge in [-0.25, -0.2) is 0 Å². The molecule has 2 aromatic carbocycles. The average Bonchev–Trinajstić information content (AvgIpc) is 2.48. The number of rotatable bonds is 6. The van der Waals surface area contributed by atoms with E-state index in [2.05, 4.69) is 64.6 Å². The van der Waals surface area contributed by atoms with Crippen LogP contribution in [0.3, 0.4) is 0 Å². The Bertz CT molecular complexity index is 542. The van der Waals surface area contributed by atoms with Crippen LogP contribution in [0.15, 0.2) is 53.0 Å². The second-order valence-corrected chi connectivity index (χ2v) is 5.77. The van der Waals surface area contributed by atoms with Crippen LogP contribution in [0.25, 0.3) is 0 Å². The van der Waals surface area contributed by atoms with Crippen molar-refractivity contribution in [3.05, 3.63) is 58.6 Å². The predicted octanol–water partition coefficient (Wildman–Crippen LogP) is 4.89. The number of anilines is 1. The van der Waals surface area contributed by atoms with Gasteiger partial charge in [0.1, 0.15) is 5.75 Å². The second kappa shape index (κ2) is 7.34. The monoisotopic (exact) mass is 333 g/mol. The van der Waals surface area contributed by atoms with Crippen LogP contribution in [0.5, 0.6) is 5.75 Å². The van der Waals surface area contributed by atoms with Gasteiger partial charge in [-0.3, -0.25) is 0 Å². The molecule has 0 fully saturated rings. The lowest BCUT2D eigenvalue weighted by atomic mass is 10.1. The van der Waals surface area contributed by atoms with Crippen molar-refractivity contribution < 1.29 is 4.74 Å². The molecule has 2 aromatic rings. The fraction of sp³-hybridized carbons (Fsp3) is 0.294. The first-order valence-electron chi connectivity index (χ1n) is 6.83. The van der Waals surface area contributed by atoms with Crippen molar-refractivity contribution >= 4 is 21.6 Å². The highest BCUT2D eigenvalue weighted by Gasteiger charge is 2.05. The lowest BCUT2D eigenvalue weighted by Crippen LogP contribution is -2.16. The zero-order valence-electron chi connectivity index (χ0n) is 11.9. The van der Waals surface area contributed by atoms with Crippen molar-refractivity contribution in [2.45, 2.75) is 25.8 Å². The van der Waals surface area contributed by atoms with Gasteiger partial charge in [0.25, 0.3) is 0 Å². The van der Waals surface area contributed by atoms with Crippen LogP contribution in [0.4, 0.5) is 5.69 Å². The van der Waals surface area contributed by atoms with Crippen LogP contribution in [0.1, 0.15) is 18.9 Å². The highest BCUT2D eigenvalue weighted by molar-refractivity contribution is 9.10. The Morgan fingerprint density at radius 3 is 2.60 bits per heavy atom. The summed E-state index contributed by atoms with van der Waals surface area (Å²) in [7, 11) is 1.68. The van der Waals surface area contributed by atoms with Crippen molar-refractivity contribution in [2.24, 2.45) is 0 Å². The molecule has 0 amide bonds. The van der Waals surface area contributed by atoms with Gasteiger partial charge in [-0.05, 0) is 53.4 Å². The van der Waals surface area contributed by atoms with Gasteiger partial charge in [0.15, 0.2) is 0 Å². The normalized spacial score (nSPS) is 11.9. The van der Waals surface area contributed by atoms with E-state index >= 15 is 0 Å². The molecule has 0 aliphatic carbocycles. The third kappa shape index (κ3) is 4.27. The number of aryl methyl sites for hydroxylation is 1. The van der Waals surface area contributed by atoms with Gasteiger partial charge in [0.05, 0.1) is 11.6 Å². The van der Waals surface area contributed by atoms with E-state index in [1.54, 1.807) is 7.11 Å². The van der Waals surface area contributed by atoms with Crippen molar-refractivity contribution in [3.8, 4) is 5.75 Å². The van der Waals surface area contributed by atoms with Gasteiger partial charge in [0.2, 0.25) is 0 Å². The van der Waals surface area contributed by atoms with E-state index in [0.717, 1.165) is 28.8 Å². The van der Waals surface area contributed by atoms with Crippen LogP contribution in [-0.4, -0.2) is 13.2 Å². The van der Waals surface area contributed by atoms with E-state index in [9.17, 15) is 0 Å². The summed E-state index contributed by atoms with van der Waals surface area (Å²) in [6.45, 7) is 2.21. The zero-order chi connectivity index (χ0) is 14.4. The first-order valence-corrected chi connectivity index (χ1v) is 7.62. The van der Waals surface area contributed by atoms with Gasteiger partial charge in [-0.2, -0.15) is 0 Å². The molecular weight excluding hydrogens is 314 g/mol. The Labute approximate surface area is 129 Å². The van der Waals surface area contributed by atoms with Gasteiger partial charge in [-0.1, -0.05) is 30.3 Å². The van der Waals surface area contributed by atoms with Gasteiger partial charge < -0.3 is 10.1 Å². The fourth-order valence-electron chi connectivity index (χ4n) is 2.13. The number of methoxy groups -OCH3 is 1. The fourth-order valence-corrected chi connectivity index (χ4v) is 2.54. The maximum Gasteiger partial charge on any atom is 0.135 e.